The predicted molar refractivity (Wildman–Crippen MR) is 79.5 cm³/mol. The number of hydrogen-bond acceptors (Lipinski definition) is 2. The molecule has 0 saturated heterocycles. The van der Waals surface area contributed by atoms with Gasteiger partial charge in [-0.15, -0.1) is 0 Å². The first-order chi connectivity index (χ1) is 9.22. The van der Waals surface area contributed by atoms with Gasteiger partial charge in [0.15, 0.2) is 0 Å². The van der Waals surface area contributed by atoms with Gasteiger partial charge in [0, 0.05) is 17.8 Å². The van der Waals surface area contributed by atoms with E-state index >= 15 is 0 Å². The highest BCUT2D eigenvalue weighted by atomic mass is 35.5. The summed E-state index contributed by atoms with van der Waals surface area (Å²) in [6.45, 7) is 6.84. The van der Waals surface area contributed by atoms with Crippen LogP contribution in [0.3, 0.4) is 0 Å². The number of nitrogens with one attached hydrogen (secondary N) is 1. The lowest BCUT2D eigenvalue weighted by molar-refractivity contribution is 0.623. The van der Waals surface area contributed by atoms with Crippen LogP contribution in [0.5, 0.6) is 0 Å². The number of nitrogens with zero attached hydrogens (tertiary/aromatic N) is 2. The van der Waals surface area contributed by atoms with Crippen molar-refractivity contribution in [2.75, 3.05) is 6.54 Å². The van der Waals surface area contributed by atoms with E-state index in [1.165, 1.54) is 5.69 Å². The fourth-order valence-electron chi connectivity index (χ4n) is 2.06. The van der Waals surface area contributed by atoms with Crippen molar-refractivity contribution in [1.82, 2.24) is 14.9 Å². The summed E-state index contributed by atoms with van der Waals surface area (Å²) >= 11 is 6.22. The first kappa shape index (κ1) is 14.1. The van der Waals surface area contributed by atoms with Gasteiger partial charge < -0.3 is 9.88 Å². The molecule has 102 valence electrons. The average Bonchev–Trinajstić information content (AvgIpc) is 2.74. The van der Waals surface area contributed by atoms with Crippen molar-refractivity contribution < 1.29 is 0 Å². The largest absolute Gasteiger partial charge is 0.327 e. The molecule has 0 saturated carbocycles. The Morgan fingerprint density at radius 3 is 2.84 bits per heavy atom. The highest BCUT2D eigenvalue weighted by Gasteiger charge is 2.08. The minimum atomic E-state index is 0.772. The van der Waals surface area contributed by atoms with Crippen LogP contribution in [0.15, 0.2) is 30.5 Å². The van der Waals surface area contributed by atoms with Crippen molar-refractivity contribution in [3.8, 4) is 0 Å². The van der Waals surface area contributed by atoms with E-state index in [0.29, 0.717) is 0 Å². The van der Waals surface area contributed by atoms with Crippen molar-refractivity contribution in [2.24, 2.45) is 0 Å². The molecule has 3 nitrogen and oxygen atoms in total. The summed E-state index contributed by atoms with van der Waals surface area (Å²) in [5.74, 6) is 1.02. The maximum atomic E-state index is 6.22. The summed E-state index contributed by atoms with van der Waals surface area (Å²) in [6, 6.07) is 7.96. The van der Waals surface area contributed by atoms with Crippen molar-refractivity contribution in [3.63, 3.8) is 0 Å². The predicted octanol–water partition coefficient (Wildman–Crippen LogP) is 3.39. The van der Waals surface area contributed by atoms with Gasteiger partial charge >= 0.3 is 0 Å². The molecule has 0 spiro atoms. The Kier molecular flexibility index (Phi) is 5.00. The van der Waals surface area contributed by atoms with E-state index in [4.69, 9.17) is 11.6 Å². The molecule has 0 aliphatic rings. The van der Waals surface area contributed by atoms with Crippen LogP contribution in [0.4, 0.5) is 0 Å². The van der Waals surface area contributed by atoms with Crippen LogP contribution in [0.1, 0.15) is 30.4 Å². The number of benzene rings is 1. The molecule has 4 heteroatoms. The van der Waals surface area contributed by atoms with E-state index in [-0.39, 0.29) is 0 Å². The molecular weight excluding hydrogens is 258 g/mol. The van der Waals surface area contributed by atoms with Gasteiger partial charge in [0.05, 0.1) is 12.2 Å². The lowest BCUT2D eigenvalue weighted by Gasteiger charge is -2.12. The van der Waals surface area contributed by atoms with E-state index in [1.54, 1.807) is 0 Å². The Hall–Kier alpha value is -1.32. The molecule has 2 aromatic rings. The zero-order chi connectivity index (χ0) is 13.7. The Bertz CT molecular complexity index is 534. The second kappa shape index (κ2) is 6.73. The zero-order valence-electron chi connectivity index (χ0n) is 11.5. The lowest BCUT2D eigenvalue weighted by Crippen LogP contribution is -2.17. The van der Waals surface area contributed by atoms with Crippen LogP contribution in [-0.4, -0.2) is 16.1 Å². The van der Waals surface area contributed by atoms with Crippen molar-refractivity contribution in [1.29, 1.82) is 0 Å². The van der Waals surface area contributed by atoms with Gasteiger partial charge in [0.2, 0.25) is 0 Å². The summed E-state index contributed by atoms with van der Waals surface area (Å²) < 4.78 is 2.21. The Balaban J connectivity index is 2.15. The van der Waals surface area contributed by atoms with Crippen molar-refractivity contribution in [3.05, 3.63) is 52.6 Å². The van der Waals surface area contributed by atoms with E-state index in [2.05, 4.69) is 27.9 Å². The number of imidazole rings is 1. The van der Waals surface area contributed by atoms with E-state index < -0.39 is 0 Å². The van der Waals surface area contributed by atoms with E-state index in [0.717, 1.165) is 42.5 Å². The number of rotatable bonds is 6. The molecule has 0 fully saturated rings. The molecule has 0 aliphatic carbocycles. The fourth-order valence-corrected chi connectivity index (χ4v) is 2.26. The molecule has 0 radical (unpaired) electrons. The third kappa shape index (κ3) is 3.58. The minimum Gasteiger partial charge on any atom is -0.327 e. The van der Waals surface area contributed by atoms with Crippen LogP contribution < -0.4 is 5.32 Å². The monoisotopic (exact) mass is 277 g/mol. The normalized spacial score (nSPS) is 10.9. The molecule has 1 heterocycles. The van der Waals surface area contributed by atoms with Crippen LogP contribution in [-0.2, 0) is 13.1 Å². The molecule has 1 aromatic heterocycles. The number of hydrogen-bond donors (Lipinski definition) is 1. The molecule has 0 amide bonds. The van der Waals surface area contributed by atoms with Crippen LogP contribution in [0.2, 0.25) is 5.02 Å². The first-order valence-corrected chi connectivity index (χ1v) is 7.05. The van der Waals surface area contributed by atoms with Crippen LogP contribution in [0, 0.1) is 6.92 Å². The first-order valence-electron chi connectivity index (χ1n) is 6.67. The highest BCUT2D eigenvalue weighted by Crippen LogP contribution is 2.18. The average molecular weight is 278 g/mol. The highest BCUT2D eigenvalue weighted by molar-refractivity contribution is 6.31. The lowest BCUT2D eigenvalue weighted by atomic mass is 10.2. The standard InChI is InChI=1S/C15H20ClN3/c1-3-8-17-9-14-10-18-12(2)19(14)11-13-6-4-5-7-15(13)16/h4-7,10,17H,3,8-9,11H2,1-2H3. The number of aryl methyl sites for hydroxylation is 1. The summed E-state index contributed by atoms with van der Waals surface area (Å²) in [5, 5.41) is 4.22. The van der Waals surface area contributed by atoms with Gasteiger partial charge in [0.1, 0.15) is 5.82 Å². The molecule has 0 unspecified atom stereocenters. The van der Waals surface area contributed by atoms with E-state index in [1.807, 2.05) is 31.3 Å². The van der Waals surface area contributed by atoms with Crippen LogP contribution >= 0.6 is 11.6 Å². The molecule has 1 aromatic carbocycles. The van der Waals surface area contributed by atoms with Gasteiger partial charge in [-0.1, -0.05) is 36.7 Å². The quantitative estimate of drug-likeness (QED) is 0.820. The second-order valence-corrected chi connectivity index (χ2v) is 5.06. The zero-order valence-corrected chi connectivity index (χ0v) is 12.2. The third-order valence-corrected chi connectivity index (χ3v) is 3.53. The van der Waals surface area contributed by atoms with Gasteiger partial charge in [-0.2, -0.15) is 0 Å². The second-order valence-electron chi connectivity index (χ2n) is 4.65. The molecule has 0 bridgehead atoms. The Morgan fingerprint density at radius 2 is 2.11 bits per heavy atom. The van der Waals surface area contributed by atoms with Crippen molar-refractivity contribution >= 4 is 11.6 Å². The molecule has 0 atom stereocenters. The molecular formula is C15H20ClN3. The number of halogens is 1. The Labute approximate surface area is 119 Å². The van der Waals surface area contributed by atoms with Gasteiger partial charge in [-0.05, 0) is 31.5 Å². The summed E-state index contributed by atoms with van der Waals surface area (Å²) in [6.07, 6.45) is 3.08. The number of aromatic nitrogens is 2. The fraction of sp³-hybridized carbons (Fsp3) is 0.400. The van der Waals surface area contributed by atoms with Gasteiger partial charge in [-0.25, -0.2) is 4.98 Å². The SMILES string of the molecule is CCCNCc1cnc(C)n1Cc1ccccc1Cl. The molecule has 2 rings (SSSR count). The summed E-state index contributed by atoms with van der Waals surface area (Å²) in [4.78, 5) is 4.40. The molecule has 19 heavy (non-hydrogen) atoms. The molecule has 1 N–H and O–H groups in total. The van der Waals surface area contributed by atoms with Crippen LogP contribution in [0.25, 0.3) is 0 Å². The summed E-state index contributed by atoms with van der Waals surface area (Å²) in [5.41, 5.74) is 2.33. The maximum Gasteiger partial charge on any atom is 0.106 e. The maximum absolute atomic E-state index is 6.22. The smallest absolute Gasteiger partial charge is 0.106 e. The summed E-state index contributed by atoms with van der Waals surface area (Å²) in [7, 11) is 0. The Morgan fingerprint density at radius 1 is 1.32 bits per heavy atom. The third-order valence-electron chi connectivity index (χ3n) is 3.16. The van der Waals surface area contributed by atoms with Gasteiger partial charge in [0.25, 0.3) is 0 Å². The molecule has 0 aliphatic heterocycles. The van der Waals surface area contributed by atoms with E-state index in [9.17, 15) is 0 Å². The van der Waals surface area contributed by atoms with Crippen molar-refractivity contribution in [2.45, 2.75) is 33.4 Å². The minimum absolute atomic E-state index is 0.772. The van der Waals surface area contributed by atoms with Gasteiger partial charge in [-0.3, -0.25) is 0 Å². The topological polar surface area (TPSA) is 29.9 Å².